The summed E-state index contributed by atoms with van der Waals surface area (Å²) in [5, 5.41) is 8.83. The van der Waals surface area contributed by atoms with E-state index in [1.54, 1.807) is 6.07 Å². The lowest BCUT2D eigenvalue weighted by atomic mass is 9.99. The summed E-state index contributed by atoms with van der Waals surface area (Å²) in [6, 6.07) is 6.06. The van der Waals surface area contributed by atoms with Gasteiger partial charge < -0.3 is 16.0 Å². The zero-order valence-corrected chi connectivity index (χ0v) is 11.4. The number of amides is 2. The average molecular weight is 273 g/mol. The lowest BCUT2D eigenvalue weighted by Gasteiger charge is -2.20. The maximum atomic E-state index is 12.2. The third kappa shape index (κ3) is 2.92. The quantitative estimate of drug-likeness (QED) is 0.768. The molecule has 1 saturated carbocycles. The minimum absolute atomic E-state index is 0.0407. The molecule has 1 aromatic carbocycles. The van der Waals surface area contributed by atoms with E-state index in [9.17, 15) is 9.59 Å². The van der Waals surface area contributed by atoms with E-state index in [2.05, 4.69) is 16.0 Å². The Balaban J connectivity index is 1.63. The van der Waals surface area contributed by atoms with E-state index in [4.69, 9.17) is 0 Å². The van der Waals surface area contributed by atoms with Gasteiger partial charge in [0.25, 0.3) is 5.91 Å². The molecule has 5 heteroatoms. The zero-order valence-electron chi connectivity index (χ0n) is 11.4. The van der Waals surface area contributed by atoms with E-state index in [1.165, 1.54) is 5.56 Å². The molecule has 0 unspecified atom stereocenters. The first kappa shape index (κ1) is 13.0. The third-order valence-electron chi connectivity index (χ3n) is 3.67. The van der Waals surface area contributed by atoms with E-state index in [-0.39, 0.29) is 18.4 Å². The van der Waals surface area contributed by atoms with Crippen LogP contribution in [0.5, 0.6) is 0 Å². The fourth-order valence-corrected chi connectivity index (χ4v) is 2.46. The Hall–Kier alpha value is -2.04. The number of aryl methyl sites for hydroxylation is 1. The van der Waals surface area contributed by atoms with Gasteiger partial charge in [0, 0.05) is 12.6 Å². The van der Waals surface area contributed by atoms with Crippen LogP contribution >= 0.6 is 0 Å². The molecule has 1 aliphatic carbocycles. The zero-order chi connectivity index (χ0) is 13.9. The highest BCUT2D eigenvalue weighted by Crippen LogP contribution is 2.25. The van der Waals surface area contributed by atoms with Crippen molar-refractivity contribution in [1.82, 2.24) is 10.6 Å². The molecule has 0 aromatic heterocycles. The first-order valence-electron chi connectivity index (χ1n) is 7.17. The largest absolute Gasteiger partial charge is 0.384 e. The fourth-order valence-electron chi connectivity index (χ4n) is 2.46. The molecule has 1 heterocycles. The van der Waals surface area contributed by atoms with Crippen LogP contribution in [0.4, 0.5) is 5.69 Å². The molecular weight excluding hydrogens is 254 g/mol. The van der Waals surface area contributed by atoms with Gasteiger partial charge in [0.05, 0.1) is 17.8 Å². The SMILES string of the molecule is O=C(CNC(=O)c1cccc2c1NCCC2)NC1CC1. The van der Waals surface area contributed by atoms with Crippen LogP contribution in [0.25, 0.3) is 0 Å². The Morgan fingerprint density at radius 3 is 2.95 bits per heavy atom. The lowest BCUT2D eigenvalue weighted by Crippen LogP contribution is -2.38. The molecule has 0 atom stereocenters. The van der Waals surface area contributed by atoms with Crippen molar-refractivity contribution in [2.75, 3.05) is 18.4 Å². The monoisotopic (exact) mass is 273 g/mol. The standard InChI is InChI=1S/C15H19N3O2/c19-13(18-11-6-7-11)9-17-15(20)12-5-1-3-10-4-2-8-16-14(10)12/h1,3,5,11,16H,2,4,6-9H2,(H,17,20)(H,18,19). The Labute approximate surface area is 118 Å². The Morgan fingerprint density at radius 2 is 2.15 bits per heavy atom. The number of hydrogen-bond acceptors (Lipinski definition) is 3. The normalized spacial score (nSPS) is 16.8. The van der Waals surface area contributed by atoms with Crippen molar-refractivity contribution in [2.45, 2.75) is 31.7 Å². The molecule has 1 fully saturated rings. The summed E-state index contributed by atoms with van der Waals surface area (Å²) in [6.07, 6.45) is 4.18. The van der Waals surface area contributed by atoms with E-state index >= 15 is 0 Å². The summed E-state index contributed by atoms with van der Waals surface area (Å²) >= 11 is 0. The molecule has 0 bridgehead atoms. The number of benzene rings is 1. The molecule has 2 amide bonds. The maximum absolute atomic E-state index is 12.2. The van der Waals surface area contributed by atoms with Crippen LogP contribution in [-0.2, 0) is 11.2 Å². The van der Waals surface area contributed by atoms with Gasteiger partial charge in [-0.25, -0.2) is 0 Å². The number of fused-ring (bicyclic) bond motifs is 1. The van der Waals surface area contributed by atoms with Crippen molar-refractivity contribution in [3.8, 4) is 0 Å². The molecule has 20 heavy (non-hydrogen) atoms. The fraction of sp³-hybridized carbons (Fsp3) is 0.467. The molecule has 0 saturated heterocycles. The predicted molar refractivity (Wildman–Crippen MR) is 76.8 cm³/mol. The molecule has 0 spiro atoms. The van der Waals surface area contributed by atoms with Gasteiger partial charge in [-0.1, -0.05) is 12.1 Å². The van der Waals surface area contributed by atoms with Gasteiger partial charge in [0.1, 0.15) is 0 Å². The highest BCUT2D eigenvalue weighted by Gasteiger charge is 2.23. The number of rotatable bonds is 4. The number of hydrogen-bond donors (Lipinski definition) is 3. The topological polar surface area (TPSA) is 70.2 Å². The van der Waals surface area contributed by atoms with Gasteiger partial charge in [-0.2, -0.15) is 0 Å². The van der Waals surface area contributed by atoms with Crippen molar-refractivity contribution >= 4 is 17.5 Å². The van der Waals surface area contributed by atoms with E-state index in [1.807, 2.05) is 12.1 Å². The summed E-state index contributed by atoms with van der Waals surface area (Å²) < 4.78 is 0. The van der Waals surface area contributed by atoms with Crippen LogP contribution in [0.1, 0.15) is 35.2 Å². The van der Waals surface area contributed by atoms with E-state index in [0.29, 0.717) is 11.6 Å². The van der Waals surface area contributed by atoms with Gasteiger partial charge in [-0.05, 0) is 37.3 Å². The number of carbonyl (C=O) groups excluding carboxylic acids is 2. The summed E-state index contributed by atoms with van der Waals surface area (Å²) in [4.78, 5) is 23.8. The van der Waals surface area contributed by atoms with Gasteiger partial charge in [0.15, 0.2) is 0 Å². The predicted octanol–water partition coefficient (Wildman–Crippen LogP) is 1.05. The molecule has 3 rings (SSSR count). The minimum atomic E-state index is -0.192. The summed E-state index contributed by atoms with van der Waals surface area (Å²) in [5.74, 6) is -0.305. The Morgan fingerprint density at radius 1 is 1.30 bits per heavy atom. The highest BCUT2D eigenvalue weighted by atomic mass is 16.2. The van der Waals surface area contributed by atoms with Gasteiger partial charge in [-0.15, -0.1) is 0 Å². The first-order valence-corrected chi connectivity index (χ1v) is 7.17. The van der Waals surface area contributed by atoms with Crippen molar-refractivity contribution in [1.29, 1.82) is 0 Å². The van der Waals surface area contributed by atoms with E-state index in [0.717, 1.165) is 37.9 Å². The lowest BCUT2D eigenvalue weighted by molar-refractivity contribution is -0.120. The van der Waals surface area contributed by atoms with E-state index < -0.39 is 0 Å². The van der Waals surface area contributed by atoms with Crippen molar-refractivity contribution in [2.24, 2.45) is 0 Å². The van der Waals surface area contributed by atoms with Crippen LogP contribution < -0.4 is 16.0 Å². The summed E-state index contributed by atoms with van der Waals surface area (Å²) in [7, 11) is 0. The maximum Gasteiger partial charge on any atom is 0.253 e. The Kier molecular flexibility index (Phi) is 3.58. The number of anilines is 1. The number of carbonyl (C=O) groups is 2. The van der Waals surface area contributed by atoms with Crippen LogP contribution in [-0.4, -0.2) is 30.9 Å². The van der Waals surface area contributed by atoms with Gasteiger partial charge in [0.2, 0.25) is 5.91 Å². The van der Waals surface area contributed by atoms with Crippen molar-refractivity contribution in [3.63, 3.8) is 0 Å². The molecule has 0 radical (unpaired) electrons. The average Bonchev–Trinajstić information content (AvgIpc) is 3.28. The molecule has 1 aromatic rings. The van der Waals surface area contributed by atoms with Gasteiger partial charge >= 0.3 is 0 Å². The smallest absolute Gasteiger partial charge is 0.253 e. The van der Waals surface area contributed by atoms with Crippen molar-refractivity contribution < 1.29 is 9.59 Å². The van der Waals surface area contributed by atoms with Crippen LogP contribution in [0.15, 0.2) is 18.2 Å². The second kappa shape index (κ2) is 5.53. The van der Waals surface area contributed by atoms with Crippen molar-refractivity contribution in [3.05, 3.63) is 29.3 Å². The number of nitrogens with one attached hydrogen (secondary N) is 3. The van der Waals surface area contributed by atoms with Gasteiger partial charge in [-0.3, -0.25) is 9.59 Å². The van der Waals surface area contributed by atoms with Crippen LogP contribution in [0, 0.1) is 0 Å². The second-order valence-electron chi connectivity index (χ2n) is 5.39. The van der Waals surface area contributed by atoms with Crippen LogP contribution in [0.3, 0.4) is 0 Å². The van der Waals surface area contributed by atoms with Crippen LogP contribution in [0.2, 0.25) is 0 Å². The Bertz CT molecular complexity index is 538. The minimum Gasteiger partial charge on any atom is -0.384 e. The molecular formula is C15H19N3O2. The molecule has 3 N–H and O–H groups in total. The molecule has 106 valence electrons. The number of para-hydroxylation sites is 1. The summed E-state index contributed by atoms with van der Waals surface area (Å²) in [5.41, 5.74) is 2.71. The molecule has 2 aliphatic rings. The summed E-state index contributed by atoms with van der Waals surface area (Å²) in [6.45, 7) is 0.929. The highest BCUT2D eigenvalue weighted by molar-refractivity contribution is 6.01. The second-order valence-corrected chi connectivity index (χ2v) is 5.39. The molecule has 1 aliphatic heterocycles. The third-order valence-corrected chi connectivity index (χ3v) is 3.67. The first-order chi connectivity index (χ1) is 9.74. The molecule has 5 nitrogen and oxygen atoms in total.